The standard InChI is InChI=1S/C8H10ClN/c1-6(2)8-5-7(9)3-4-10-8/h3-6H,1-2H3. The fourth-order valence-corrected chi connectivity index (χ4v) is 0.905. The lowest BCUT2D eigenvalue weighted by Gasteiger charge is -2.02. The molecule has 0 aliphatic carbocycles. The molecule has 2 heteroatoms. The van der Waals surface area contributed by atoms with Crippen molar-refractivity contribution in [2.45, 2.75) is 19.8 Å². The van der Waals surface area contributed by atoms with Crippen LogP contribution in [0.5, 0.6) is 0 Å². The number of hydrogen-bond donors (Lipinski definition) is 0. The quantitative estimate of drug-likeness (QED) is 0.608. The van der Waals surface area contributed by atoms with Gasteiger partial charge < -0.3 is 0 Å². The first-order chi connectivity index (χ1) is 4.70. The first kappa shape index (κ1) is 7.55. The van der Waals surface area contributed by atoms with Crippen molar-refractivity contribution in [2.75, 3.05) is 0 Å². The highest BCUT2D eigenvalue weighted by Crippen LogP contribution is 2.15. The van der Waals surface area contributed by atoms with E-state index < -0.39 is 0 Å². The molecule has 0 saturated carbocycles. The van der Waals surface area contributed by atoms with Crippen LogP contribution in [0.3, 0.4) is 0 Å². The molecule has 10 heavy (non-hydrogen) atoms. The smallest absolute Gasteiger partial charge is 0.0443 e. The summed E-state index contributed by atoms with van der Waals surface area (Å²) in [6, 6.07) is 3.68. The maximum Gasteiger partial charge on any atom is 0.0443 e. The highest BCUT2D eigenvalue weighted by atomic mass is 35.5. The van der Waals surface area contributed by atoms with Gasteiger partial charge >= 0.3 is 0 Å². The van der Waals surface area contributed by atoms with Crippen LogP contribution < -0.4 is 0 Å². The molecule has 0 amide bonds. The van der Waals surface area contributed by atoms with Crippen LogP contribution in [-0.4, -0.2) is 4.98 Å². The van der Waals surface area contributed by atoms with Crippen LogP contribution in [0.2, 0.25) is 5.02 Å². The average Bonchev–Trinajstić information content (AvgIpc) is 1.88. The minimum atomic E-state index is 0.457. The molecule has 0 aliphatic heterocycles. The summed E-state index contributed by atoms with van der Waals surface area (Å²) < 4.78 is 0. The molecule has 1 rings (SSSR count). The van der Waals surface area contributed by atoms with Crippen LogP contribution >= 0.6 is 11.6 Å². The SMILES string of the molecule is CC(C)c1cc(Cl)ccn1. The second-order valence-electron chi connectivity index (χ2n) is 2.55. The summed E-state index contributed by atoms with van der Waals surface area (Å²) in [6.07, 6.45) is 1.73. The fourth-order valence-electron chi connectivity index (χ4n) is 0.737. The zero-order chi connectivity index (χ0) is 7.56. The van der Waals surface area contributed by atoms with Crippen molar-refractivity contribution in [3.05, 3.63) is 29.0 Å². The molecule has 1 heterocycles. The van der Waals surface area contributed by atoms with Gasteiger partial charge in [0.05, 0.1) is 0 Å². The molecule has 0 aliphatic rings. The lowest BCUT2D eigenvalue weighted by molar-refractivity contribution is 0.823. The summed E-state index contributed by atoms with van der Waals surface area (Å²) in [5.41, 5.74) is 1.05. The zero-order valence-electron chi connectivity index (χ0n) is 6.13. The molecule has 0 fully saturated rings. The molecule has 0 atom stereocenters. The molecular formula is C8H10ClN. The number of rotatable bonds is 1. The van der Waals surface area contributed by atoms with Crippen molar-refractivity contribution in [1.29, 1.82) is 0 Å². The Morgan fingerprint density at radius 1 is 1.50 bits per heavy atom. The second kappa shape index (κ2) is 3.02. The van der Waals surface area contributed by atoms with Gasteiger partial charge in [-0.2, -0.15) is 0 Å². The summed E-state index contributed by atoms with van der Waals surface area (Å²) in [6.45, 7) is 4.19. The molecule has 0 radical (unpaired) electrons. The Morgan fingerprint density at radius 3 is 2.60 bits per heavy atom. The van der Waals surface area contributed by atoms with Crippen LogP contribution in [0.25, 0.3) is 0 Å². The van der Waals surface area contributed by atoms with Crippen molar-refractivity contribution >= 4 is 11.6 Å². The van der Waals surface area contributed by atoms with Gasteiger partial charge in [0.1, 0.15) is 0 Å². The Labute approximate surface area is 66.0 Å². The summed E-state index contributed by atoms with van der Waals surface area (Å²) in [7, 11) is 0. The minimum Gasteiger partial charge on any atom is -0.261 e. The van der Waals surface area contributed by atoms with E-state index in [4.69, 9.17) is 11.6 Å². The van der Waals surface area contributed by atoms with Gasteiger partial charge in [-0.15, -0.1) is 0 Å². The predicted molar refractivity (Wildman–Crippen MR) is 43.3 cm³/mol. The normalized spacial score (nSPS) is 10.4. The van der Waals surface area contributed by atoms with E-state index in [0.29, 0.717) is 5.92 Å². The first-order valence-corrected chi connectivity index (χ1v) is 3.69. The van der Waals surface area contributed by atoms with E-state index in [1.807, 2.05) is 6.07 Å². The van der Waals surface area contributed by atoms with Gasteiger partial charge in [0, 0.05) is 16.9 Å². The molecule has 1 nitrogen and oxygen atoms in total. The largest absolute Gasteiger partial charge is 0.261 e. The molecule has 0 spiro atoms. The molecule has 0 saturated heterocycles. The Bertz CT molecular complexity index is 220. The van der Waals surface area contributed by atoms with E-state index in [0.717, 1.165) is 10.7 Å². The van der Waals surface area contributed by atoms with Gasteiger partial charge in [-0.3, -0.25) is 4.98 Å². The van der Waals surface area contributed by atoms with E-state index in [1.165, 1.54) is 0 Å². The molecule has 0 bridgehead atoms. The number of hydrogen-bond acceptors (Lipinski definition) is 1. The van der Waals surface area contributed by atoms with Crippen molar-refractivity contribution < 1.29 is 0 Å². The van der Waals surface area contributed by atoms with E-state index in [-0.39, 0.29) is 0 Å². The van der Waals surface area contributed by atoms with Crippen molar-refractivity contribution in [3.8, 4) is 0 Å². The topological polar surface area (TPSA) is 12.9 Å². The Balaban J connectivity index is 2.96. The van der Waals surface area contributed by atoms with Gasteiger partial charge in [0.15, 0.2) is 0 Å². The number of aromatic nitrogens is 1. The third kappa shape index (κ3) is 1.71. The van der Waals surface area contributed by atoms with E-state index >= 15 is 0 Å². The Morgan fingerprint density at radius 2 is 2.20 bits per heavy atom. The number of halogens is 1. The molecule has 0 aromatic carbocycles. The molecule has 0 unspecified atom stereocenters. The molecule has 54 valence electrons. The maximum atomic E-state index is 5.75. The van der Waals surface area contributed by atoms with E-state index in [9.17, 15) is 0 Å². The van der Waals surface area contributed by atoms with Gasteiger partial charge in [-0.25, -0.2) is 0 Å². The van der Waals surface area contributed by atoms with Gasteiger partial charge in [0.2, 0.25) is 0 Å². The van der Waals surface area contributed by atoms with Crippen molar-refractivity contribution in [1.82, 2.24) is 4.98 Å². The van der Waals surface area contributed by atoms with Crippen LogP contribution in [0.1, 0.15) is 25.5 Å². The van der Waals surface area contributed by atoms with E-state index in [1.54, 1.807) is 12.3 Å². The summed E-state index contributed by atoms with van der Waals surface area (Å²) >= 11 is 5.75. The Kier molecular flexibility index (Phi) is 2.28. The van der Waals surface area contributed by atoms with Crippen LogP contribution in [-0.2, 0) is 0 Å². The fraction of sp³-hybridized carbons (Fsp3) is 0.375. The molecular weight excluding hydrogens is 146 g/mol. The minimum absolute atomic E-state index is 0.457. The predicted octanol–water partition coefficient (Wildman–Crippen LogP) is 2.86. The van der Waals surface area contributed by atoms with E-state index in [2.05, 4.69) is 18.8 Å². The van der Waals surface area contributed by atoms with Crippen LogP contribution in [0.15, 0.2) is 18.3 Å². The van der Waals surface area contributed by atoms with Gasteiger partial charge in [-0.1, -0.05) is 25.4 Å². The third-order valence-electron chi connectivity index (χ3n) is 1.33. The number of pyridine rings is 1. The zero-order valence-corrected chi connectivity index (χ0v) is 6.89. The highest BCUT2D eigenvalue weighted by Gasteiger charge is 1.98. The van der Waals surface area contributed by atoms with Crippen molar-refractivity contribution in [2.24, 2.45) is 0 Å². The summed E-state index contributed by atoms with van der Waals surface area (Å²) in [4.78, 5) is 4.15. The second-order valence-corrected chi connectivity index (χ2v) is 2.99. The summed E-state index contributed by atoms with van der Waals surface area (Å²) in [5.74, 6) is 0.457. The first-order valence-electron chi connectivity index (χ1n) is 3.31. The van der Waals surface area contributed by atoms with Crippen molar-refractivity contribution in [3.63, 3.8) is 0 Å². The van der Waals surface area contributed by atoms with Gasteiger partial charge in [0.25, 0.3) is 0 Å². The summed E-state index contributed by atoms with van der Waals surface area (Å²) in [5, 5.41) is 0.763. The maximum absolute atomic E-state index is 5.75. The molecule has 1 aromatic heterocycles. The lowest BCUT2D eigenvalue weighted by atomic mass is 10.1. The Hall–Kier alpha value is -0.560. The highest BCUT2D eigenvalue weighted by molar-refractivity contribution is 6.30. The van der Waals surface area contributed by atoms with Gasteiger partial charge in [-0.05, 0) is 18.1 Å². The third-order valence-corrected chi connectivity index (χ3v) is 1.57. The molecule has 1 aromatic rings. The monoisotopic (exact) mass is 155 g/mol. The van der Waals surface area contributed by atoms with Crippen LogP contribution in [0.4, 0.5) is 0 Å². The average molecular weight is 156 g/mol. The van der Waals surface area contributed by atoms with Crippen LogP contribution in [0, 0.1) is 0 Å². The molecule has 0 N–H and O–H groups in total. The number of nitrogens with zero attached hydrogens (tertiary/aromatic N) is 1. The lowest BCUT2D eigenvalue weighted by Crippen LogP contribution is -1.90.